The number of nitrogens with one attached hydrogen (secondary N) is 1. The van der Waals surface area contributed by atoms with E-state index in [-0.39, 0.29) is 0 Å². The maximum absolute atomic E-state index is 10.9. The molecule has 2 nitrogen and oxygen atoms in total. The molecule has 1 aliphatic rings. The number of rotatable bonds is 4. The molecule has 0 bridgehead atoms. The second-order valence-corrected chi connectivity index (χ2v) is 5.74. The number of hydrogen-bond acceptors (Lipinski definition) is 2. The topological polar surface area (TPSA) is 32.3 Å². The van der Waals surface area contributed by atoms with Crippen molar-refractivity contribution in [3.63, 3.8) is 0 Å². The van der Waals surface area contributed by atoms with Crippen LogP contribution in [0.5, 0.6) is 0 Å². The summed E-state index contributed by atoms with van der Waals surface area (Å²) in [4.78, 5) is 0. The lowest BCUT2D eigenvalue weighted by atomic mass is 9.80. The molecule has 1 aromatic carbocycles. The summed E-state index contributed by atoms with van der Waals surface area (Å²) in [5.74, 6) is 0.569. The average molecular weight is 268 g/mol. The monoisotopic (exact) mass is 267 g/mol. The summed E-state index contributed by atoms with van der Waals surface area (Å²) < 4.78 is 0. The van der Waals surface area contributed by atoms with Crippen LogP contribution < -0.4 is 5.32 Å². The fourth-order valence-corrected chi connectivity index (χ4v) is 2.93. The summed E-state index contributed by atoms with van der Waals surface area (Å²) in [6, 6.07) is 7.61. The summed E-state index contributed by atoms with van der Waals surface area (Å²) in [5.41, 5.74) is 0.272. The first-order chi connectivity index (χ1) is 8.64. The molecule has 0 aliphatic carbocycles. The average Bonchev–Trinajstić information content (AvgIpc) is 2.40. The van der Waals surface area contributed by atoms with Gasteiger partial charge in [-0.25, -0.2) is 0 Å². The Morgan fingerprint density at radius 1 is 1.39 bits per heavy atom. The smallest absolute Gasteiger partial charge is 0.0897 e. The Morgan fingerprint density at radius 2 is 2.11 bits per heavy atom. The van der Waals surface area contributed by atoms with Crippen LogP contribution >= 0.6 is 11.6 Å². The molecular formula is C15H22ClNO. The van der Waals surface area contributed by atoms with Crippen LogP contribution in [0.1, 0.15) is 38.2 Å². The van der Waals surface area contributed by atoms with Crippen molar-refractivity contribution in [1.82, 2.24) is 5.32 Å². The van der Waals surface area contributed by atoms with E-state index in [0.717, 1.165) is 36.5 Å². The molecule has 1 saturated heterocycles. The lowest BCUT2D eigenvalue weighted by molar-refractivity contribution is 0.00361. The van der Waals surface area contributed by atoms with Crippen LogP contribution in [0, 0.1) is 5.92 Å². The number of aliphatic hydroxyl groups is 1. The highest BCUT2D eigenvalue weighted by Crippen LogP contribution is 2.34. The van der Waals surface area contributed by atoms with E-state index in [9.17, 15) is 5.11 Å². The van der Waals surface area contributed by atoms with E-state index in [2.05, 4.69) is 5.32 Å². The minimum atomic E-state index is -0.714. The fourth-order valence-electron chi connectivity index (χ4n) is 2.80. The van der Waals surface area contributed by atoms with Gasteiger partial charge in [-0.1, -0.05) is 30.7 Å². The Bertz CT molecular complexity index is 373. The lowest BCUT2D eigenvalue weighted by Gasteiger charge is -2.33. The van der Waals surface area contributed by atoms with E-state index in [1.807, 2.05) is 31.2 Å². The zero-order valence-corrected chi connectivity index (χ0v) is 11.7. The molecule has 0 saturated carbocycles. The summed E-state index contributed by atoms with van der Waals surface area (Å²) in [6.45, 7) is 4.18. The van der Waals surface area contributed by atoms with Crippen LogP contribution in [0.3, 0.4) is 0 Å². The third kappa shape index (κ3) is 3.25. The van der Waals surface area contributed by atoms with Crippen molar-refractivity contribution in [3.05, 3.63) is 34.9 Å². The first kappa shape index (κ1) is 13.9. The molecule has 1 aliphatic heterocycles. The van der Waals surface area contributed by atoms with E-state index in [1.54, 1.807) is 0 Å². The molecule has 1 aromatic rings. The Labute approximate surface area is 114 Å². The summed E-state index contributed by atoms with van der Waals surface area (Å²) >= 11 is 5.91. The first-order valence-electron chi connectivity index (χ1n) is 6.83. The van der Waals surface area contributed by atoms with Crippen molar-refractivity contribution < 1.29 is 5.11 Å². The molecule has 1 heterocycles. The second kappa shape index (κ2) is 6.05. The van der Waals surface area contributed by atoms with Gasteiger partial charge in [0.1, 0.15) is 0 Å². The van der Waals surface area contributed by atoms with Gasteiger partial charge in [-0.05, 0) is 62.4 Å². The molecule has 1 fully saturated rings. The predicted molar refractivity (Wildman–Crippen MR) is 75.9 cm³/mol. The van der Waals surface area contributed by atoms with Crippen molar-refractivity contribution in [3.8, 4) is 0 Å². The van der Waals surface area contributed by atoms with Crippen molar-refractivity contribution in [1.29, 1.82) is 0 Å². The van der Waals surface area contributed by atoms with Crippen LogP contribution in [-0.2, 0) is 5.60 Å². The van der Waals surface area contributed by atoms with Gasteiger partial charge < -0.3 is 10.4 Å². The lowest BCUT2D eigenvalue weighted by Crippen LogP contribution is -2.36. The van der Waals surface area contributed by atoms with Crippen molar-refractivity contribution in [2.24, 2.45) is 5.92 Å². The van der Waals surface area contributed by atoms with Crippen LogP contribution in [0.15, 0.2) is 24.3 Å². The zero-order valence-electron chi connectivity index (χ0n) is 11.0. The van der Waals surface area contributed by atoms with Gasteiger partial charge >= 0.3 is 0 Å². The number of hydrogen-bond donors (Lipinski definition) is 2. The molecule has 3 heteroatoms. The van der Waals surface area contributed by atoms with Gasteiger partial charge in [0.2, 0.25) is 0 Å². The van der Waals surface area contributed by atoms with E-state index >= 15 is 0 Å². The zero-order chi connectivity index (χ0) is 13.0. The third-order valence-corrected chi connectivity index (χ3v) is 4.24. The summed E-state index contributed by atoms with van der Waals surface area (Å²) in [6.07, 6.45) is 4.00. The molecule has 2 atom stereocenters. The largest absolute Gasteiger partial charge is 0.385 e. The first-order valence-corrected chi connectivity index (χ1v) is 7.21. The van der Waals surface area contributed by atoms with E-state index < -0.39 is 5.60 Å². The van der Waals surface area contributed by atoms with Crippen LogP contribution in [0.4, 0.5) is 0 Å². The van der Waals surface area contributed by atoms with Gasteiger partial charge in [0.25, 0.3) is 0 Å². The van der Waals surface area contributed by atoms with E-state index in [4.69, 9.17) is 11.6 Å². The molecule has 18 heavy (non-hydrogen) atoms. The van der Waals surface area contributed by atoms with Gasteiger partial charge in [-0.2, -0.15) is 0 Å². The molecular weight excluding hydrogens is 246 g/mol. The highest BCUT2D eigenvalue weighted by atomic mass is 35.5. The Morgan fingerprint density at radius 3 is 2.67 bits per heavy atom. The maximum Gasteiger partial charge on any atom is 0.0897 e. The van der Waals surface area contributed by atoms with E-state index in [1.165, 1.54) is 12.8 Å². The summed E-state index contributed by atoms with van der Waals surface area (Å²) in [7, 11) is 0. The predicted octanol–water partition coefficient (Wildman–Crippen LogP) is 3.33. The van der Waals surface area contributed by atoms with Gasteiger partial charge in [0, 0.05) is 5.02 Å². The molecule has 2 unspecified atom stereocenters. The molecule has 0 amide bonds. The molecule has 2 N–H and O–H groups in total. The standard InChI is InChI=1S/C15H22ClNO/c1-2-15(18,10-12-4-3-9-17-11-12)13-5-7-14(16)8-6-13/h5-8,12,17-18H,2-4,9-11H2,1H3. The molecule has 0 radical (unpaired) electrons. The van der Waals surface area contributed by atoms with Gasteiger partial charge in [-0.15, -0.1) is 0 Å². The summed E-state index contributed by atoms with van der Waals surface area (Å²) in [5, 5.41) is 15.0. The van der Waals surface area contributed by atoms with Crippen LogP contribution in [0.25, 0.3) is 0 Å². The Kier molecular flexibility index (Phi) is 4.66. The molecule has 2 rings (SSSR count). The third-order valence-electron chi connectivity index (χ3n) is 3.99. The number of piperidine rings is 1. The molecule has 0 aromatic heterocycles. The minimum Gasteiger partial charge on any atom is -0.385 e. The molecule has 0 spiro atoms. The van der Waals surface area contributed by atoms with Crippen molar-refractivity contribution in [2.75, 3.05) is 13.1 Å². The normalized spacial score (nSPS) is 23.6. The minimum absolute atomic E-state index is 0.569. The van der Waals surface area contributed by atoms with Crippen LogP contribution in [0.2, 0.25) is 5.02 Å². The van der Waals surface area contributed by atoms with Crippen molar-refractivity contribution >= 4 is 11.6 Å². The Hall–Kier alpha value is -0.570. The Balaban J connectivity index is 2.10. The van der Waals surface area contributed by atoms with Gasteiger partial charge in [-0.3, -0.25) is 0 Å². The molecule has 100 valence electrons. The highest BCUT2D eigenvalue weighted by molar-refractivity contribution is 6.30. The highest BCUT2D eigenvalue weighted by Gasteiger charge is 2.31. The number of halogens is 1. The fraction of sp³-hybridized carbons (Fsp3) is 0.600. The maximum atomic E-state index is 10.9. The van der Waals surface area contributed by atoms with Crippen molar-refractivity contribution in [2.45, 2.75) is 38.2 Å². The van der Waals surface area contributed by atoms with E-state index in [0.29, 0.717) is 5.92 Å². The number of benzene rings is 1. The van der Waals surface area contributed by atoms with Gasteiger partial charge in [0.05, 0.1) is 5.60 Å². The second-order valence-electron chi connectivity index (χ2n) is 5.31. The van der Waals surface area contributed by atoms with Crippen LogP contribution in [-0.4, -0.2) is 18.2 Å². The SMILES string of the molecule is CCC(O)(CC1CCCNC1)c1ccc(Cl)cc1. The van der Waals surface area contributed by atoms with Gasteiger partial charge in [0.15, 0.2) is 0 Å². The quantitative estimate of drug-likeness (QED) is 0.877.